The van der Waals surface area contributed by atoms with Crippen LogP contribution in [0.1, 0.15) is 29.5 Å². The fourth-order valence-electron chi connectivity index (χ4n) is 5.59. The summed E-state index contributed by atoms with van der Waals surface area (Å²) in [4.78, 5) is 14.7. The lowest BCUT2D eigenvalue weighted by Gasteiger charge is -2.39. The quantitative estimate of drug-likeness (QED) is 0.491. The number of carbonyl (C=O) groups is 1. The van der Waals surface area contributed by atoms with Gasteiger partial charge in [-0.3, -0.25) is 9.47 Å². The van der Waals surface area contributed by atoms with Gasteiger partial charge in [0.1, 0.15) is 0 Å². The molecule has 0 saturated carbocycles. The molecule has 1 aromatic heterocycles. The molecule has 1 amide bonds. The number of carbonyl (C=O) groups excluding carboxylic acids is 1. The fraction of sp³-hybridized carbons (Fsp3) is 0.222. The Kier molecular flexibility index (Phi) is 4.05. The third-order valence-corrected chi connectivity index (χ3v) is 7.19. The summed E-state index contributed by atoms with van der Waals surface area (Å²) >= 11 is 0. The number of aromatic nitrogens is 1. The minimum atomic E-state index is -0.435. The summed E-state index contributed by atoms with van der Waals surface area (Å²) in [6.45, 7) is 3.02. The molecule has 0 bridgehead atoms. The standard InChI is InChI=1S/C27H25N3O/c28-26(31)30-24-8-4-2-6-21(24)22-10-9-19(17-25(22)30)18-29-15-13-27(14-16-29)12-11-20-5-1-3-7-23(20)27/h1-12,17H,13-16,18H2,(H2,28,31). The highest BCUT2D eigenvalue weighted by Crippen LogP contribution is 2.43. The van der Waals surface area contributed by atoms with E-state index in [1.807, 2.05) is 24.3 Å². The van der Waals surface area contributed by atoms with Crippen molar-refractivity contribution in [3.05, 3.63) is 89.5 Å². The van der Waals surface area contributed by atoms with Crippen LogP contribution >= 0.6 is 0 Å². The van der Waals surface area contributed by atoms with E-state index in [-0.39, 0.29) is 5.41 Å². The normalized spacial score (nSPS) is 17.5. The van der Waals surface area contributed by atoms with E-state index >= 15 is 0 Å². The molecule has 6 rings (SSSR count). The van der Waals surface area contributed by atoms with Gasteiger partial charge in [0.05, 0.1) is 11.0 Å². The molecule has 0 unspecified atom stereocenters. The highest BCUT2D eigenvalue weighted by atomic mass is 16.2. The molecule has 1 aliphatic heterocycles. The first kappa shape index (κ1) is 18.4. The van der Waals surface area contributed by atoms with E-state index in [9.17, 15) is 4.79 Å². The molecule has 1 fully saturated rings. The van der Waals surface area contributed by atoms with Crippen LogP contribution in [0.3, 0.4) is 0 Å². The van der Waals surface area contributed by atoms with Crippen molar-refractivity contribution in [2.75, 3.05) is 13.1 Å². The molecule has 1 spiro atoms. The Morgan fingerprint density at radius 2 is 1.65 bits per heavy atom. The summed E-state index contributed by atoms with van der Waals surface area (Å²) in [5.41, 5.74) is 11.8. The van der Waals surface area contributed by atoms with Crippen LogP contribution in [0.4, 0.5) is 4.79 Å². The smallest absolute Gasteiger partial charge is 0.323 e. The van der Waals surface area contributed by atoms with E-state index in [1.54, 1.807) is 4.57 Å². The highest BCUT2D eigenvalue weighted by molar-refractivity contribution is 6.13. The predicted molar refractivity (Wildman–Crippen MR) is 126 cm³/mol. The molecule has 1 saturated heterocycles. The van der Waals surface area contributed by atoms with Crippen LogP contribution in [-0.4, -0.2) is 28.6 Å². The molecule has 2 aliphatic rings. The summed E-state index contributed by atoms with van der Waals surface area (Å²) in [5.74, 6) is 0. The number of nitrogens with two attached hydrogens (primary N) is 1. The van der Waals surface area contributed by atoms with Gasteiger partial charge in [-0.25, -0.2) is 4.79 Å². The number of benzene rings is 3. The molecular formula is C27H25N3O. The van der Waals surface area contributed by atoms with Crippen molar-refractivity contribution in [3.8, 4) is 0 Å². The number of rotatable bonds is 2. The third-order valence-electron chi connectivity index (χ3n) is 7.19. The van der Waals surface area contributed by atoms with Gasteiger partial charge in [-0.15, -0.1) is 0 Å². The fourth-order valence-corrected chi connectivity index (χ4v) is 5.59. The topological polar surface area (TPSA) is 51.3 Å². The molecular weight excluding hydrogens is 382 g/mol. The summed E-state index contributed by atoms with van der Waals surface area (Å²) in [7, 11) is 0. The predicted octanol–water partition coefficient (Wildman–Crippen LogP) is 5.28. The molecule has 1 aliphatic carbocycles. The number of hydrogen-bond donors (Lipinski definition) is 1. The molecule has 4 heteroatoms. The molecule has 4 nitrogen and oxygen atoms in total. The maximum atomic E-state index is 12.2. The lowest BCUT2D eigenvalue weighted by atomic mass is 9.74. The molecule has 2 heterocycles. The number of nitrogens with zero attached hydrogens (tertiary/aromatic N) is 2. The number of likely N-dealkylation sites (tertiary alicyclic amines) is 1. The number of allylic oxidation sites excluding steroid dienone is 1. The average molecular weight is 408 g/mol. The number of hydrogen-bond acceptors (Lipinski definition) is 2. The molecule has 31 heavy (non-hydrogen) atoms. The molecule has 0 atom stereocenters. The number of piperidine rings is 1. The van der Waals surface area contributed by atoms with E-state index in [2.05, 4.69) is 59.5 Å². The Morgan fingerprint density at radius 3 is 2.48 bits per heavy atom. The minimum absolute atomic E-state index is 0.204. The number of primary amides is 1. The third kappa shape index (κ3) is 2.82. The van der Waals surface area contributed by atoms with Crippen LogP contribution in [0.5, 0.6) is 0 Å². The summed E-state index contributed by atoms with van der Waals surface area (Å²) in [6, 6.07) is 22.8. The van der Waals surface area contributed by atoms with E-state index < -0.39 is 6.03 Å². The van der Waals surface area contributed by atoms with Crippen LogP contribution in [0.25, 0.3) is 27.9 Å². The van der Waals surface area contributed by atoms with Crippen molar-refractivity contribution in [1.82, 2.24) is 9.47 Å². The molecule has 3 aromatic carbocycles. The van der Waals surface area contributed by atoms with Gasteiger partial charge in [-0.1, -0.05) is 66.7 Å². The largest absolute Gasteiger partial charge is 0.351 e. The van der Waals surface area contributed by atoms with Crippen molar-refractivity contribution in [1.29, 1.82) is 0 Å². The molecule has 2 N–H and O–H groups in total. The zero-order chi connectivity index (χ0) is 21.0. The van der Waals surface area contributed by atoms with Crippen LogP contribution in [0.15, 0.2) is 72.8 Å². The van der Waals surface area contributed by atoms with Gasteiger partial charge in [-0.2, -0.15) is 0 Å². The first-order valence-corrected chi connectivity index (χ1v) is 11.0. The second-order valence-corrected chi connectivity index (χ2v) is 8.90. The SMILES string of the molecule is NC(=O)n1c2ccccc2c2ccc(CN3CCC4(C=Cc5ccccc54)CC3)cc21. The average Bonchev–Trinajstić information content (AvgIpc) is 3.31. The Bertz CT molecular complexity index is 1360. The van der Waals surface area contributed by atoms with Crippen LogP contribution in [0, 0.1) is 0 Å². The van der Waals surface area contributed by atoms with Crippen molar-refractivity contribution in [2.45, 2.75) is 24.8 Å². The van der Waals surface area contributed by atoms with Gasteiger partial charge in [0.15, 0.2) is 0 Å². The number of para-hydroxylation sites is 1. The number of fused-ring (bicyclic) bond motifs is 5. The van der Waals surface area contributed by atoms with Crippen LogP contribution in [-0.2, 0) is 12.0 Å². The maximum absolute atomic E-state index is 12.2. The van der Waals surface area contributed by atoms with Gasteiger partial charge < -0.3 is 5.73 Å². The monoisotopic (exact) mass is 407 g/mol. The number of amides is 1. The Balaban J connectivity index is 1.27. The molecule has 154 valence electrons. The lowest BCUT2D eigenvalue weighted by Crippen LogP contribution is -2.40. The second-order valence-electron chi connectivity index (χ2n) is 8.90. The first-order chi connectivity index (χ1) is 15.1. The summed E-state index contributed by atoms with van der Waals surface area (Å²) < 4.78 is 1.64. The van der Waals surface area contributed by atoms with Crippen molar-refractivity contribution in [3.63, 3.8) is 0 Å². The first-order valence-electron chi connectivity index (χ1n) is 11.0. The van der Waals surface area contributed by atoms with Gasteiger partial charge in [0.25, 0.3) is 0 Å². The van der Waals surface area contributed by atoms with Crippen molar-refractivity contribution >= 4 is 33.9 Å². The van der Waals surface area contributed by atoms with E-state index in [4.69, 9.17) is 5.73 Å². The molecule has 4 aromatic rings. The lowest BCUT2D eigenvalue weighted by molar-refractivity contribution is 0.177. The summed E-state index contributed by atoms with van der Waals surface area (Å²) in [5, 5.41) is 2.14. The van der Waals surface area contributed by atoms with E-state index in [1.165, 1.54) is 16.7 Å². The van der Waals surface area contributed by atoms with Crippen molar-refractivity contribution in [2.24, 2.45) is 5.73 Å². The minimum Gasteiger partial charge on any atom is -0.351 e. The Labute approximate surface area is 181 Å². The Hall–Kier alpha value is -3.37. The van der Waals surface area contributed by atoms with E-state index in [0.717, 1.165) is 54.3 Å². The Morgan fingerprint density at radius 1 is 0.903 bits per heavy atom. The maximum Gasteiger partial charge on any atom is 0.323 e. The summed E-state index contributed by atoms with van der Waals surface area (Å²) in [6.07, 6.45) is 7.00. The zero-order valence-corrected chi connectivity index (χ0v) is 17.4. The highest BCUT2D eigenvalue weighted by Gasteiger charge is 2.37. The van der Waals surface area contributed by atoms with Gasteiger partial charge in [0.2, 0.25) is 0 Å². The van der Waals surface area contributed by atoms with Gasteiger partial charge in [-0.05, 0) is 54.8 Å². The van der Waals surface area contributed by atoms with Crippen LogP contribution < -0.4 is 5.73 Å². The van der Waals surface area contributed by atoms with Gasteiger partial charge in [0, 0.05) is 22.7 Å². The van der Waals surface area contributed by atoms with Gasteiger partial charge >= 0.3 is 6.03 Å². The van der Waals surface area contributed by atoms with Crippen LogP contribution in [0.2, 0.25) is 0 Å². The second kappa shape index (κ2) is 6.82. The van der Waals surface area contributed by atoms with Crippen molar-refractivity contribution < 1.29 is 4.79 Å². The zero-order valence-electron chi connectivity index (χ0n) is 17.4. The van der Waals surface area contributed by atoms with E-state index in [0.29, 0.717) is 0 Å². The molecule has 0 radical (unpaired) electrons.